The van der Waals surface area contributed by atoms with Gasteiger partial charge in [-0.3, -0.25) is 4.79 Å². The summed E-state index contributed by atoms with van der Waals surface area (Å²) >= 11 is 0. The highest BCUT2D eigenvalue weighted by Gasteiger charge is 2.96. The van der Waals surface area contributed by atoms with Gasteiger partial charge in [0.25, 0.3) is 10.0 Å². The third-order valence-electron chi connectivity index (χ3n) is 4.20. The summed E-state index contributed by atoms with van der Waals surface area (Å²) in [7, 11) is -7.81. The smallest absolute Gasteiger partial charge is 0.459 e. The van der Waals surface area contributed by atoms with Crippen molar-refractivity contribution in [1.82, 2.24) is 4.31 Å². The number of carbonyl (C=O) groups is 1. The summed E-state index contributed by atoms with van der Waals surface area (Å²) in [5.41, 5.74) is -1.53. The molecule has 0 amide bonds. The topological polar surface area (TPSA) is 63.7 Å². The van der Waals surface area contributed by atoms with Crippen LogP contribution >= 0.6 is 0 Å². The van der Waals surface area contributed by atoms with Crippen molar-refractivity contribution in [2.24, 2.45) is 0 Å². The van der Waals surface area contributed by atoms with Crippen molar-refractivity contribution in [2.45, 2.75) is 73.3 Å². The quantitative estimate of drug-likeness (QED) is 0.235. The fourth-order valence-corrected chi connectivity index (χ4v) is 3.27. The molecule has 0 fully saturated rings. The molecule has 0 radical (unpaired) electrons. The number of ether oxygens (including phenoxy) is 1. The van der Waals surface area contributed by atoms with E-state index in [4.69, 9.17) is 0 Å². The first-order chi connectivity index (χ1) is 16.0. The van der Waals surface area contributed by atoms with E-state index in [0.717, 1.165) is 20.8 Å². The third-order valence-corrected chi connectivity index (χ3v) is 6.05. The Hall–Kier alpha value is -1.81. The minimum atomic E-state index is -8.93. The maximum Gasteiger partial charge on any atom is 0.460 e. The van der Waals surface area contributed by atoms with Crippen LogP contribution in [0.4, 0.5) is 74.6 Å². The molecular weight excluding hydrogens is 613 g/mol. The molecule has 0 aliphatic rings. The molecule has 228 valence electrons. The van der Waals surface area contributed by atoms with E-state index in [2.05, 4.69) is 4.74 Å². The minimum absolute atomic E-state index is 0.258. The van der Waals surface area contributed by atoms with Crippen LogP contribution in [0.1, 0.15) is 20.8 Å². The van der Waals surface area contributed by atoms with E-state index in [1.165, 1.54) is 0 Å². The van der Waals surface area contributed by atoms with E-state index in [0.29, 0.717) is 0 Å². The Bertz CT molecular complexity index is 998. The molecule has 0 unspecified atom stereocenters. The van der Waals surface area contributed by atoms with Crippen molar-refractivity contribution in [3.05, 3.63) is 0 Å². The van der Waals surface area contributed by atoms with Gasteiger partial charge in [-0.2, -0.15) is 78.9 Å². The van der Waals surface area contributed by atoms with Gasteiger partial charge >= 0.3 is 52.9 Å². The van der Waals surface area contributed by atoms with E-state index in [-0.39, 0.29) is 7.05 Å². The molecule has 0 rings (SSSR count). The normalized spacial score (nSPS) is 16.2. The average Bonchev–Trinajstić information content (AvgIpc) is 2.64. The molecule has 0 saturated carbocycles. The maximum absolute atomic E-state index is 14.0. The minimum Gasteiger partial charge on any atom is -0.459 e. The van der Waals surface area contributed by atoms with Gasteiger partial charge in [-0.25, -0.2) is 8.42 Å². The van der Waals surface area contributed by atoms with Crippen molar-refractivity contribution in [2.75, 3.05) is 13.6 Å². The van der Waals surface area contributed by atoms with E-state index in [1.54, 1.807) is 0 Å². The summed E-state index contributed by atoms with van der Waals surface area (Å²) in [5, 5.41) is -7.73. The lowest BCUT2D eigenvalue weighted by molar-refractivity contribution is -0.458. The fraction of sp³-hybridized carbons (Fsp3) is 0.933. The fourth-order valence-electron chi connectivity index (χ4n) is 2.15. The molecule has 0 aromatic carbocycles. The summed E-state index contributed by atoms with van der Waals surface area (Å²) in [5.74, 6) is -54.0. The molecule has 38 heavy (non-hydrogen) atoms. The molecule has 0 saturated heterocycles. The van der Waals surface area contributed by atoms with Gasteiger partial charge in [0.1, 0.15) is 12.1 Å². The van der Waals surface area contributed by atoms with Crippen molar-refractivity contribution < 1.29 is 92.6 Å². The summed E-state index contributed by atoms with van der Waals surface area (Å²) in [6.07, 6.45) is -7.91. The molecule has 23 heteroatoms. The van der Waals surface area contributed by atoms with E-state index >= 15 is 0 Å². The number of likely N-dealkylation sites (N-methyl/N-ethyl adjacent to an activating group) is 1. The third kappa shape index (κ3) is 5.19. The monoisotopic (exact) mass is 627 g/mol. The van der Waals surface area contributed by atoms with Crippen LogP contribution in [0.25, 0.3) is 0 Å². The molecular formula is C15H14F17NO4S. The molecule has 0 aromatic heterocycles. The Morgan fingerprint density at radius 1 is 0.605 bits per heavy atom. The number of carbonyl (C=O) groups excluding carboxylic acids is 1. The van der Waals surface area contributed by atoms with Crippen molar-refractivity contribution in [1.29, 1.82) is 0 Å². The Kier molecular flexibility index (Phi) is 8.94. The highest BCUT2D eigenvalue weighted by atomic mass is 32.2. The van der Waals surface area contributed by atoms with Gasteiger partial charge in [-0.15, -0.1) is 0 Å². The zero-order valence-electron chi connectivity index (χ0n) is 18.6. The Morgan fingerprint density at radius 3 is 1.18 bits per heavy atom. The first-order valence-corrected chi connectivity index (χ1v) is 10.4. The number of alkyl halides is 17. The Balaban J connectivity index is 6.81. The molecule has 0 bridgehead atoms. The second-order valence-corrected chi connectivity index (χ2v) is 10.4. The molecule has 0 heterocycles. The van der Waals surface area contributed by atoms with Gasteiger partial charge in [0.2, 0.25) is 0 Å². The molecule has 5 nitrogen and oxygen atoms in total. The molecule has 0 N–H and O–H groups in total. The van der Waals surface area contributed by atoms with Crippen molar-refractivity contribution in [3.63, 3.8) is 0 Å². The standard InChI is InChI=1S/C15H14F17NO4S/c1-7(2,3)37-6(34)5-33(4)38(35,36)15(31,32)13(26,27)11(22,23)9(18,19)8(16,17)10(20,21)12(24,25)14(28,29)30/h5H2,1-4H3. The zero-order chi connectivity index (χ0) is 31.6. The first-order valence-electron chi connectivity index (χ1n) is 8.91. The maximum atomic E-state index is 14.0. The van der Waals surface area contributed by atoms with Crippen molar-refractivity contribution >= 4 is 16.0 Å². The number of esters is 1. The predicted octanol–water partition coefficient (Wildman–Crippen LogP) is 5.56. The van der Waals surface area contributed by atoms with Gasteiger partial charge in [-0.05, 0) is 20.8 Å². The lowest BCUT2D eigenvalue weighted by atomic mass is 9.91. The second-order valence-electron chi connectivity index (χ2n) is 8.31. The number of hydrogen-bond acceptors (Lipinski definition) is 4. The first kappa shape index (κ1) is 36.2. The summed E-state index contributed by atoms with van der Waals surface area (Å²) < 4.78 is 252. The molecule has 0 aliphatic carbocycles. The molecule has 0 aromatic rings. The lowest BCUT2D eigenvalue weighted by Crippen LogP contribution is -2.75. The van der Waals surface area contributed by atoms with E-state index in [1.807, 2.05) is 0 Å². The number of sulfonamides is 1. The van der Waals surface area contributed by atoms with Gasteiger partial charge < -0.3 is 4.74 Å². The van der Waals surface area contributed by atoms with E-state index < -0.39 is 79.4 Å². The van der Waals surface area contributed by atoms with Gasteiger partial charge in [0.15, 0.2) is 0 Å². The van der Waals surface area contributed by atoms with Crippen LogP contribution in [0.2, 0.25) is 0 Å². The van der Waals surface area contributed by atoms with Gasteiger partial charge in [0.05, 0.1) is 0 Å². The van der Waals surface area contributed by atoms with Crippen LogP contribution in [0, 0.1) is 0 Å². The largest absolute Gasteiger partial charge is 0.460 e. The highest BCUT2D eigenvalue weighted by Crippen LogP contribution is 2.64. The van der Waals surface area contributed by atoms with E-state index in [9.17, 15) is 87.8 Å². The second kappa shape index (κ2) is 9.39. The van der Waals surface area contributed by atoms with Crippen LogP contribution in [0.3, 0.4) is 0 Å². The van der Waals surface area contributed by atoms with Crippen LogP contribution < -0.4 is 0 Å². The number of hydrogen-bond donors (Lipinski definition) is 0. The highest BCUT2D eigenvalue weighted by molar-refractivity contribution is 7.90. The molecule has 0 aliphatic heterocycles. The van der Waals surface area contributed by atoms with Crippen LogP contribution in [-0.4, -0.2) is 84.9 Å². The van der Waals surface area contributed by atoms with Crippen molar-refractivity contribution in [3.8, 4) is 0 Å². The van der Waals surface area contributed by atoms with Gasteiger partial charge in [0, 0.05) is 7.05 Å². The Morgan fingerprint density at radius 2 is 0.895 bits per heavy atom. The summed E-state index contributed by atoms with van der Waals surface area (Å²) in [4.78, 5) is 11.5. The number of rotatable bonds is 10. The molecule has 0 spiro atoms. The van der Waals surface area contributed by atoms with Crippen LogP contribution in [0.15, 0.2) is 0 Å². The molecule has 0 atom stereocenters. The SMILES string of the molecule is CN(CC(=O)OC(C)(C)C)S(=O)(=O)C(F)(F)C(F)(F)C(F)(F)C(F)(F)C(F)(F)C(F)(F)C(F)(F)C(F)(F)F. The average molecular weight is 627 g/mol. The Labute approximate surface area is 200 Å². The number of halogens is 17. The predicted molar refractivity (Wildman–Crippen MR) is 88.1 cm³/mol. The van der Waals surface area contributed by atoms with Crippen LogP contribution in [0.5, 0.6) is 0 Å². The summed E-state index contributed by atoms with van der Waals surface area (Å²) in [6, 6.07) is 0. The summed E-state index contributed by atoms with van der Waals surface area (Å²) in [6.45, 7) is 1.16. The zero-order valence-corrected chi connectivity index (χ0v) is 19.4. The van der Waals surface area contributed by atoms with Crippen LogP contribution in [-0.2, 0) is 19.6 Å². The lowest BCUT2D eigenvalue weighted by Gasteiger charge is -2.42. The van der Waals surface area contributed by atoms with Gasteiger partial charge in [-0.1, -0.05) is 0 Å². The number of nitrogens with zero attached hydrogens (tertiary/aromatic N) is 1.